The van der Waals surface area contributed by atoms with E-state index in [0.29, 0.717) is 17.0 Å². The number of aromatic hydroxyl groups is 1. The fourth-order valence-electron chi connectivity index (χ4n) is 3.03. The molecule has 1 aliphatic carbocycles. The van der Waals surface area contributed by atoms with Crippen molar-refractivity contribution in [3.05, 3.63) is 35.5 Å². The maximum Gasteiger partial charge on any atom is 0.231 e. The van der Waals surface area contributed by atoms with Gasteiger partial charge < -0.3 is 24.1 Å². The second kappa shape index (κ2) is 4.55. The fraction of sp³-hybridized carbons (Fsp3) is 0.235. The molecule has 6 heteroatoms. The number of rotatable bonds is 0. The molecule has 3 heterocycles. The van der Waals surface area contributed by atoms with Crippen molar-refractivity contribution in [3.8, 4) is 28.7 Å². The van der Waals surface area contributed by atoms with Crippen LogP contribution in [0.5, 0.6) is 28.7 Å². The molecule has 0 fully saturated rings. The third-order valence-electron chi connectivity index (χ3n) is 4.29. The van der Waals surface area contributed by atoms with E-state index in [9.17, 15) is 5.11 Å². The summed E-state index contributed by atoms with van der Waals surface area (Å²) in [7, 11) is 0. The van der Waals surface area contributed by atoms with Crippen LogP contribution < -0.4 is 18.9 Å². The summed E-state index contributed by atoms with van der Waals surface area (Å²) in [5.41, 5.74) is 2.43. The zero-order valence-corrected chi connectivity index (χ0v) is 12.2. The molecule has 3 aliphatic rings. The highest BCUT2D eigenvalue weighted by Gasteiger charge is 2.26. The number of phenols is 1. The quantitative estimate of drug-likeness (QED) is 0.806. The van der Waals surface area contributed by atoms with E-state index in [0.717, 1.165) is 41.0 Å². The molecule has 0 radical (unpaired) electrons. The molecule has 0 saturated carbocycles. The average molecular weight is 311 g/mol. The summed E-state index contributed by atoms with van der Waals surface area (Å²) in [4.78, 5) is 4.67. The molecule has 23 heavy (non-hydrogen) atoms. The number of benzene rings is 1. The molecule has 116 valence electrons. The molecule has 6 nitrogen and oxygen atoms in total. The van der Waals surface area contributed by atoms with Gasteiger partial charge in [0, 0.05) is 16.6 Å². The van der Waals surface area contributed by atoms with Crippen molar-refractivity contribution in [2.45, 2.75) is 12.8 Å². The van der Waals surface area contributed by atoms with Gasteiger partial charge in [0.15, 0.2) is 23.0 Å². The van der Waals surface area contributed by atoms with Crippen molar-refractivity contribution in [2.24, 2.45) is 0 Å². The summed E-state index contributed by atoms with van der Waals surface area (Å²) in [5.74, 6) is 2.36. The van der Waals surface area contributed by atoms with E-state index in [1.165, 1.54) is 0 Å². The summed E-state index contributed by atoms with van der Waals surface area (Å²) in [5, 5.41) is 11.3. The Balaban J connectivity index is 1.89. The Morgan fingerprint density at radius 1 is 0.913 bits per heavy atom. The molecule has 1 aromatic carbocycles. The predicted molar refractivity (Wildman–Crippen MR) is 80.7 cm³/mol. The Morgan fingerprint density at radius 3 is 2.57 bits per heavy atom. The first-order chi connectivity index (χ1) is 11.3. The summed E-state index contributed by atoms with van der Waals surface area (Å²) in [6, 6.07) is 7.40. The average Bonchev–Trinajstić information content (AvgIpc) is 3.15. The summed E-state index contributed by atoms with van der Waals surface area (Å²) >= 11 is 0. The van der Waals surface area contributed by atoms with Gasteiger partial charge in [-0.05, 0) is 25.0 Å². The number of phenolic OH excluding ortho intramolecular Hbond substituents is 1. The lowest BCUT2D eigenvalue weighted by atomic mass is 9.93. The van der Waals surface area contributed by atoms with Crippen LogP contribution in [0.1, 0.15) is 11.3 Å². The summed E-state index contributed by atoms with van der Waals surface area (Å²) in [6.45, 7) is 0.326. The van der Waals surface area contributed by atoms with Crippen molar-refractivity contribution in [1.82, 2.24) is 4.98 Å². The Morgan fingerprint density at radius 2 is 1.74 bits per heavy atom. The van der Waals surface area contributed by atoms with Crippen molar-refractivity contribution in [2.75, 3.05) is 13.6 Å². The fourth-order valence-corrected chi connectivity index (χ4v) is 3.03. The number of aromatic nitrogens is 1. The van der Waals surface area contributed by atoms with E-state index < -0.39 is 0 Å². The molecule has 0 bridgehead atoms. The number of hydrogen-bond acceptors (Lipinski definition) is 6. The van der Waals surface area contributed by atoms with Gasteiger partial charge in [-0.3, -0.25) is 0 Å². The van der Waals surface area contributed by atoms with Gasteiger partial charge >= 0.3 is 0 Å². The van der Waals surface area contributed by atoms with Crippen molar-refractivity contribution in [3.63, 3.8) is 0 Å². The minimum absolute atomic E-state index is 0.0109. The molecule has 0 amide bonds. The number of ether oxygens (including phenoxy) is 4. The van der Waals surface area contributed by atoms with Gasteiger partial charge in [-0.25, -0.2) is 4.98 Å². The van der Waals surface area contributed by atoms with E-state index in [-0.39, 0.29) is 19.3 Å². The minimum atomic E-state index is 0.0109. The zero-order chi connectivity index (χ0) is 15.4. The van der Waals surface area contributed by atoms with Gasteiger partial charge in [0.1, 0.15) is 5.52 Å². The maximum atomic E-state index is 10.5. The molecule has 0 saturated heterocycles. The van der Waals surface area contributed by atoms with Crippen LogP contribution in [0.3, 0.4) is 0 Å². The maximum absolute atomic E-state index is 10.5. The van der Waals surface area contributed by atoms with Gasteiger partial charge in [0.25, 0.3) is 0 Å². The molecule has 0 unspecified atom stereocenters. The molecule has 0 atom stereocenters. The molecule has 2 aliphatic heterocycles. The molecule has 1 N–H and O–H groups in total. The second-order valence-corrected chi connectivity index (χ2v) is 5.56. The SMILES string of the molecule is Oc1c2c(cc3cccc4c(c5c(nc13)CC5)OCO4)OCO2. The molecule has 5 rings (SSSR count). The van der Waals surface area contributed by atoms with Crippen molar-refractivity contribution >= 4 is 10.9 Å². The largest absolute Gasteiger partial charge is 0.503 e. The Labute approximate surface area is 131 Å². The lowest BCUT2D eigenvalue weighted by Gasteiger charge is -2.17. The molecular formula is C17H13NO5. The summed E-state index contributed by atoms with van der Waals surface area (Å²) < 4.78 is 21.8. The van der Waals surface area contributed by atoms with Gasteiger partial charge in [0.2, 0.25) is 19.3 Å². The number of nitrogens with zero attached hydrogens (tertiary/aromatic N) is 1. The predicted octanol–water partition coefficient (Wildman–Crippen LogP) is 2.62. The normalized spacial score (nSPS) is 15.8. The summed E-state index contributed by atoms with van der Waals surface area (Å²) in [6.07, 6.45) is 1.73. The standard InChI is InChI=1S/C17H13NO5/c19-15-14-9(6-13-17(15)23-8-21-13)2-1-3-12-16(22-7-20-12)10-4-5-11(10)18-14/h1-3,6,19H,4-5,7-8H2. The Bertz CT molecular complexity index is 907. The monoisotopic (exact) mass is 311 g/mol. The first-order valence-corrected chi connectivity index (χ1v) is 7.42. The van der Waals surface area contributed by atoms with Crippen LogP contribution in [0.2, 0.25) is 0 Å². The lowest BCUT2D eigenvalue weighted by Crippen LogP contribution is -2.10. The van der Waals surface area contributed by atoms with Crippen molar-refractivity contribution in [1.29, 1.82) is 0 Å². The molecule has 0 spiro atoms. The molecule has 1 aromatic heterocycles. The highest BCUT2D eigenvalue weighted by molar-refractivity contribution is 5.89. The third-order valence-corrected chi connectivity index (χ3v) is 4.29. The van der Waals surface area contributed by atoms with Crippen LogP contribution in [0.4, 0.5) is 0 Å². The van der Waals surface area contributed by atoms with Crippen LogP contribution in [0.25, 0.3) is 10.9 Å². The Hall–Kier alpha value is -2.89. The smallest absolute Gasteiger partial charge is 0.231 e. The van der Waals surface area contributed by atoms with Crippen LogP contribution in [-0.2, 0) is 12.8 Å². The van der Waals surface area contributed by atoms with Gasteiger partial charge in [-0.2, -0.15) is 0 Å². The topological polar surface area (TPSA) is 70.0 Å². The highest BCUT2D eigenvalue weighted by atomic mass is 16.7. The zero-order valence-electron chi connectivity index (χ0n) is 12.2. The number of hydrogen-bond donors (Lipinski definition) is 1. The van der Waals surface area contributed by atoms with Gasteiger partial charge in [-0.15, -0.1) is 0 Å². The first-order valence-electron chi connectivity index (χ1n) is 7.42. The number of fused-ring (bicyclic) bond motifs is 5. The Kier molecular flexibility index (Phi) is 2.50. The molecule has 2 aromatic rings. The highest BCUT2D eigenvalue weighted by Crippen LogP contribution is 2.45. The van der Waals surface area contributed by atoms with E-state index in [4.69, 9.17) is 18.9 Å². The van der Waals surface area contributed by atoms with E-state index in [1.807, 2.05) is 24.3 Å². The second-order valence-electron chi connectivity index (χ2n) is 5.56. The van der Waals surface area contributed by atoms with Crippen molar-refractivity contribution < 1.29 is 24.1 Å². The van der Waals surface area contributed by atoms with Gasteiger partial charge in [0.05, 0.1) is 0 Å². The lowest BCUT2D eigenvalue weighted by molar-refractivity contribution is 0.171. The van der Waals surface area contributed by atoms with E-state index in [2.05, 4.69) is 4.98 Å². The van der Waals surface area contributed by atoms with Crippen LogP contribution in [0, 0.1) is 0 Å². The van der Waals surface area contributed by atoms with E-state index >= 15 is 0 Å². The molecular weight excluding hydrogens is 298 g/mol. The first kappa shape index (κ1) is 12.6. The van der Waals surface area contributed by atoms with Crippen LogP contribution >= 0.6 is 0 Å². The minimum Gasteiger partial charge on any atom is -0.503 e. The van der Waals surface area contributed by atoms with Crippen LogP contribution in [0.15, 0.2) is 24.3 Å². The third kappa shape index (κ3) is 1.78. The van der Waals surface area contributed by atoms with Gasteiger partial charge in [-0.1, -0.05) is 12.1 Å². The van der Waals surface area contributed by atoms with Crippen LogP contribution in [-0.4, -0.2) is 23.7 Å². The van der Waals surface area contributed by atoms with E-state index in [1.54, 1.807) is 0 Å². The number of aryl methyl sites for hydroxylation is 1.